The minimum atomic E-state index is -0.285. The Kier molecular flexibility index (Phi) is 5.29. The fourth-order valence-corrected chi connectivity index (χ4v) is 1.91. The van der Waals surface area contributed by atoms with Gasteiger partial charge in [0.1, 0.15) is 5.82 Å². The molecule has 0 heterocycles. The molecule has 0 spiro atoms. The van der Waals surface area contributed by atoms with E-state index in [0.717, 1.165) is 11.1 Å². The lowest BCUT2D eigenvalue weighted by molar-refractivity contribution is 0.252. The molecule has 2 aromatic carbocycles. The predicted octanol–water partition coefficient (Wildman–Crippen LogP) is 2.65. The first kappa shape index (κ1) is 15.0. The summed E-state index contributed by atoms with van der Waals surface area (Å²) in [5.74, 6) is -0.267. The highest BCUT2D eigenvalue weighted by atomic mass is 19.1. The molecule has 0 aromatic heterocycles. The van der Waals surface area contributed by atoms with Crippen LogP contribution >= 0.6 is 0 Å². The van der Waals surface area contributed by atoms with Crippen LogP contribution in [0.25, 0.3) is 0 Å². The molecule has 0 saturated carbocycles. The van der Waals surface area contributed by atoms with Gasteiger partial charge in [0.15, 0.2) is 0 Å². The predicted molar refractivity (Wildman–Crippen MR) is 81.5 cm³/mol. The lowest BCUT2D eigenvalue weighted by Crippen LogP contribution is -2.30. The average molecular weight is 287 g/mol. The van der Waals surface area contributed by atoms with Crippen molar-refractivity contribution in [2.24, 2.45) is 5.73 Å². The fraction of sp³-hybridized carbons (Fsp3) is 0.188. The number of nitrogens with one attached hydrogen (secondary N) is 2. The van der Waals surface area contributed by atoms with Crippen LogP contribution in [-0.4, -0.2) is 12.6 Å². The van der Waals surface area contributed by atoms with Crippen molar-refractivity contribution in [2.45, 2.75) is 13.0 Å². The van der Waals surface area contributed by atoms with E-state index in [1.54, 1.807) is 18.2 Å². The quantitative estimate of drug-likeness (QED) is 0.791. The molecular weight excluding hydrogens is 269 g/mol. The van der Waals surface area contributed by atoms with Crippen LogP contribution in [0.5, 0.6) is 0 Å². The summed E-state index contributed by atoms with van der Waals surface area (Å²) in [5.41, 5.74) is 8.07. The summed E-state index contributed by atoms with van der Waals surface area (Å²) in [5, 5.41) is 5.46. The third-order valence-electron chi connectivity index (χ3n) is 3.04. The number of urea groups is 1. The third kappa shape index (κ3) is 4.89. The number of benzene rings is 2. The van der Waals surface area contributed by atoms with Crippen molar-refractivity contribution >= 4 is 11.7 Å². The van der Waals surface area contributed by atoms with Gasteiger partial charge in [-0.15, -0.1) is 0 Å². The van der Waals surface area contributed by atoms with Gasteiger partial charge in [-0.2, -0.15) is 0 Å². The molecule has 2 amide bonds. The van der Waals surface area contributed by atoms with E-state index < -0.39 is 0 Å². The molecule has 0 radical (unpaired) electrons. The second-order valence-corrected chi connectivity index (χ2v) is 4.66. The molecule has 4 N–H and O–H groups in total. The van der Waals surface area contributed by atoms with E-state index in [9.17, 15) is 9.18 Å². The average Bonchev–Trinajstić information content (AvgIpc) is 2.48. The van der Waals surface area contributed by atoms with Gasteiger partial charge in [-0.3, -0.25) is 0 Å². The Morgan fingerprint density at radius 3 is 2.52 bits per heavy atom. The molecule has 0 atom stereocenters. The molecule has 0 saturated heterocycles. The van der Waals surface area contributed by atoms with Crippen LogP contribution in [0.2, 0.25) is 0 Å². The number of hydrogen-bond donors (Lipinski definition) is 3. The zero-order valence-electron chi connectivity index (χ0n) is 11.6. The summed E-state index contributed by atoms with van der Waals surface area (Å²) in [6.07, 6.45) is 0.581. The summed E-state index contributed by atoms with van der Waals surface area (Å²) >= 11 is 0. The normalized spacial score (nSPS) is 10.2. The van der Waals surface area contributed by atoms with E-state index >= 15 is 0 Å². The Hall–Kier alpha value is -2.40. The lowest BCUT2D eigenvalue weighted by atomic mass is 10.1. The van der Waals surface area contributed by atoms with Crippen LogP contribution in [0.1, 0.15) is 11.1 Å². The summed E-state index contributed by atoms with van der Waals surface area (Å²) in [7, 11) is 0. The van der Waals surface area contributed by atoms with Gasteiger partial charge in [0, 0.05) is 18.8 Å². The molecule has 2 aromatic rings. The molecular formula is C16H18FN3O. The second kappa shape index (κ2) is 7.40. The van der Waals surface area contributed by atoms with Crippen LogP contribution in [0.4, 0.5) is 14.9 Å². The molecule has 0 bridgehead atoms. The van der Waals surface area contributed by atoms with Gasteiger partial charge in [-0.25, -0.2) is 9.18 Å². The topological polar surface area (TPSA) is 67.1 Å². The highest BCUT2D eigenvalue weighted by molar-refractivity contribution is 5.89. The molecule has 0 unspecified atom stereocenters. The van der Waals surface area contributed by atoms with Gasteiger partial charge in [-0.1, -0.05) is 24.3 Å². The molecule has 2 rings (SSSR count). The van der Waals surface area contributed by atoms with E-state index in [0.29, 0.717) is 25.2 Å². The summed E-state index contributed by atoms with van der Waals surface area (Å²) in [4.78, 5) is 11.7. The summed E-state index contributed by atoms with van der Waals surface area (Å²) in [6.45, 7) is 0.913. The van der Waals surface area contributed by atoms with Crippen LogP contribution in [0.3, 0.4) is 0 Å². The zero-order valence-corrected chi connectivity index (χ0v) is 11.6. The van der Waals surface area contributed by atoms with Crippen LogP contribution in [-0.2, 0) is 13.0 Å². The molecule has 4 nitrogen and oxygen atoms in total. The first-order valence-corrected chi connectivity index (χ1v) is 6.75. The third-order valence-corrected chi connectivity index (χ3v) is 3.04. The van der Waals surface area contributed by atoms with Crippen molar-refractivity contribution in [3.05, 3.63) is 65.5 Å². The van der Waals surface area contributed by atoms with Crippen molar-refractivity contribution < 1.29 is 9.18 Å². The SMILES string of the molecule is NCc1ccc(NC(=O)NCCc2cccc(F)c2)cc1. The molecule has 110 valence electrons. The Labute approximate surface area is 123 Å². The van der Waals surface area contributed by atoms with Crippen molar-refractivity contribution in [3.63, 3.8) is 0 Å². The highest BCUT2D eigenvalue weighted by Gasteiger charge is 2.02. The fourth-order valence-electron chi connectivity index (χ4n) is 1.91. The Morgan fingerprint density at radius 2 is 1.86 bits per heavy atom. The minimum Gasteiger partial charge on any atom is -0.338 e. The summed E-state index contributed by atoms with van der Waals surface area (Å²) in [6, 6.07) is 13.4. The Morgan fingerprint density at radius 1 is 1.10 bits per heavy atom. The number of amides is 2. The van der Waals surface area contributed by atoms with Crippen molar-refractivity contribution in [3.8, 4) is 0 Å². The maximum Gasteiger partial charge on any atom is 0.319 e. The van der Waals surface area contributed by atoms with E-state index in [-0.39, 0.29) is 11.8 Å². The highest BCUT2D eigenvalue weighted by Crippen LogP contribution is 2.08. The number of anilines is 1. The maximum absolute atomic E-state index is 13.0. The monoisotopic (exact) mass is 287 g/mol. The van der Waals surface area contributed by atoms with E-state index in [1.165, 1.54) is 12.1 Å². The van der Waals surface area contributed by atoms with Gasteiger partial charge in [0.25, 0.3) is 0 Å². The number of carbonyl (C=O) groups excluding carboxylic acids is 1. The molecule has 21 heavy (non-hydrogen) atoms. The van der Waals surface area contributed by atoms with Gasteiger partial charge < -0.3 is 16.4 Å². The van der Waals surface area contributed by atoms with Crippen LogP contribution in [0, 0.1) is 5.82 Å². The van der Waals surface area contributed by atoms with Crippen molar-refractivity contribution in [2.75, 3.05) is 11.9 Å². The van der Waals surface area contributed by atoms with Gasteiger partial charge >= 0.3 is 6.03 Å². The first-order valence-electron chi connectivity index (χ1n) is 6.75. The standard InChI is InChI=1S/C16H18FN3O/c17-14-3-1-2-12(10-14)8-9-19-16(21)20-15-6-4-13(11-18)5-7-15/h1-7,10H,8-9,11,18H2,(H2,19,20,21). The zero-order chi connectivity index (χ0) is 15.1. The Balaban J connectivity index is 1.76. The largest absolute Gasteiger partial charge is 0.338 e. The molecule has 0 aliphatic carbocycles. The Bertz CT molecular complexity index is 599. The summed E-state index contributed by atoms with van der Waals surface area (Å²) < 4.78 is 13.0. The van der Waals surface area contributed by atoms with Crippen LogP contribution < -0.4 is 16.4 Å². The van der Waals surface area contributed by atoms with E-state index in [4.69, 9.17) is 5.73 Å². The molecule has 0 aliphatic heterocycles. The van der Waals surface area contributed by atoms with Crippen molar-refractivity contribution in [1.82, 2.24) is 5.32 Å². The smallest absolute Gasteiger partial charge is 0.319 e. The van der Waals surface area contributed by atoms with E-state index in [1.807, 2.05) is 18.2 Å². The van der Waals surface area contributed by atoms with Gasteiger partial charge in [0.05, 0.1) is 0 Å². The maximum atomic E-state index is 13.0. The molecule has 0 aliphatic rings. The lowest BCUT2D eigenvalue weighted by Gasteiger charge is -2.08. The number of nitrogens with two attached hydrogens (primary N) is 1. The van der Waals surface area contributed by atoms with Gasteiger partial charge in [-0.05, 0) is 41.8 Å². The first-order chi connectivity index (χ1) is 10.2. The second-order valence-electron chi connectivity index (χ2n) is 4.66. The number of halogens is 1. The number of rotatable bonds is 5. The molecule has 5 heteroatoms. The number of hydrogen-bond acceptors (Lipinski definition) is 2. The van der Waals surface area contributed by atoms with E-state index in [2.05, 4.69) is 10.6 Å². The van der Waals surface area contributed by atoms with Crippen LogP contribution in [0.15, 0.2) is 48.5 Å². The van der Waals surface area contributed by atoms with Crippen molar-refractivity contribution in [1.29, 1.82) is 0 Å². The minimum absolute atomic E-state index is 0.267. The van der Waals surface area contributed by atoms with Gasteiger partial charge in [0.2, 0.25) is 0 Å². The molecule has 0 fully saturated rings. The number of carbonyl (C=O) groups is 1.